The van der Waals surface area contributed by atoms with E-state index in [1.165, 1.54) is 30.5 Å². The highest BCUT2D eigenvalue weighted by atomic mass is 16.6. The molecule has 0 unspecified atom stereocenters. The van der Waals surface area contributed by atoms with E-state index in [0.29, 0.717) is 11.1 Å². The Morgan fingerprint density at radius 3 is 2.43 bits per heavy atom. The molecule has 0 radical (unpaired) electrons. The molecule has 2 N–H and O–H groups in total. The molecule has 0 atom stereocenters. The molecule has 28 heavy (non-hydrogen) atoms. The van der Waals surface area contributed by atoms with Gasteiger partial charge in [0.15, 0.2) is 0 Å². The van der Waals surface area contributed by atoms with E-state index in [0.717, 1.165) is 0 Å². The van der Waals surface area contributed by atoms with Crippen molar-refractivity contribution in [1.82, 2.24) is 25.8 Å². The van der Waals surface area contributed by atoms with Crippen LogP contribution >= 0.6 is 0 Å². The van der Waals surface area contributed by atoms with Gasteiger partial charge in [0.1, 0.15) is 0 Å². The number of non-ortho nitro benzene ring substituents is 1. The van der Waals surface area contributed by atoms with Gasteiger partial charge in [-0.1, -0.05) is 5.16 Å². The number of benzene rings is 1. The van der Waals surface area contributed by atoms with Gasteiger partial charge in [0.25, 0.3) is 11.6 Å². The maximum atomic E-state index is 12.0. The molecule has 0 aliphatic heterocycles. The third kappa shape index (κ3) is 4.52. The Kier molecular flexibility index (Phi) is 5.65. The lowest BCUT2D eigenvalue weighted by Crippen LogP contribution is -2.34. The topological polar surface area (TPSA) is 153 Å². The van der Waals surface area contributed by atoms with Gasteiger partial charge >= 0.3 is 11.8 Å². The molecule has 0 bridgehead atoms. The number of nitro benzene ring substituents is 1. The van der Waals surface area contributed by atoms with Crippen molar-refractivity contribution in [2.45, 2.75) is 0 Å². The largest absolute Gasteiger partial charge is 0.350 e. The summed E-state index contributed by atoms with van der Waals surface area (Å²) >= 11 is 0. The normalized spacial score (nSPS) is 10.3. The molecule has 0 fully saturated rings. The van der Waals surface area contributed by atoms with E-state index in [1.54, 1.807) is 18.3 Å². The Hall–Kier alpha value is -4.15. The van der Waals surface area contributed by atoms with E-state index in [-0.39, 0.29) is 36.4 Å². The Bertz CT molecular complexity index is 987. The molecular weight excluding hydrogens is 368 g/mol. The van der Waals surface area contributed by atoms with Gasteiger partial charge in [-0.15, -0.1) is 0 Å². The van der Waals surface area contributed by atoms with Crippen LogP contribution in [0.25, 0.3) is 11.4 Å². The number of carbonyl (C=O) groups excluding carboxylic acids is 2. The fraction of sp³-hybridized carbons (Fsp3) is 0.118. The number of hydrogen-bond donors (Lipinski definition) is 2. The minimum atomic E-state index is -0.601. The molecule has 0 aliphatic carbocycles. The number of nitro groups is 1. The molecule has 0 saturated carbocycles. The number of aromatic nitrogens is 3. The Morgan fingerprint density at radius 1 is 1.07 bits per heavy atom. The van der Waals surface area contributed by atoms with E-state index in [1.807, 2.05) is 0 Å². The second kappa shape index (κ2) is 8.49. The van der Waals surface area contributed by atoms with Crippen molar-refractivity contribution in [2.75, 3.05) is 13.1 Å². The van der Waals surface area contributed by atoms with Crippen LogP contribution in [0.4, 0.5) is 5.69 Å². The summed E-state index contributed by atoms with van der Waals surface area (Å²) in [6, 6.07) is 8.79. The molecule has 11 nitrogen and oxygen atoms in total. The highest BCUT2D eigenvalue weighted by molar-refractivity contribution is 5.94. The van der Waals surface area contributed by atoms with Crippen LogP contribution in [0.15, 0.2) is 53.3 Å². The van der Waals surface area contributed by atoms with Crippen LogP contribution in [0, 0.1) is 10.1 Å². The lowest BCUT2D eigenvalue weighted by atomic mass is 10.2. The Morgan fingerprint density at radius 2 is 1.79 bits per heavy atom. The minimum absolute atomic E-state index is 0.0708. The number of nitrogens with zero attached hydrogens (tertiary/aromatic N) is 4. The molecule has 1 aromatic carbocycles. The Labute approximate surface area is 157 Å². The van der Waals surface area contributed by atoms with Crippen molar-refractivity contribution >= 4 is 17.5 Å². The number of rotatable bonds is 7. The summed E-state index contributed by atoms with van der Waals surface area (Å²) in [6.45, 7) is 0.350. The van der Waals surface area contributed by atoms with Gasteiger partial charge in [0.05, 0.1) is 10.5 Å². The van der Waals surface area contributed by atoms with E-state index in [9.17, 15) is 19.7 Å². The van der Waals surface area contributed by atoms with E-state index < -0.39 is 10.8 Å². The average Bonchev–Trinajstić information content (AvgIpc) is 3.22. The van der Waals surface area contributed by atoms with Crippen molar-refractivity contribution in [3.05, 3.63) is 70.4 Å². The third-order valence-electron chi connectivity index (χ3n) is 3.58. The average molecular weight is 382 g/mol. The summed E-state index contributed by atoms with van der Waals surface area (Å²) in [4.78, 5) is 41.8. The van der Waals surface area contributed by atoms with Crippen molar-refractivity contribution < 1.29 is 19.0 Å². The summed E-state index contributed by atoms with van der Waals surface area (Å²) in [5.74, 6) is -1.03. The van der Waals surface area contributed by atoms with Crippen LogP contribution in [0.1, 0.15) is 21.0 Å². The van der Waals surface area contributed by atoms with Crippen LogP contribution in [0.5, 0.6) is 0 Å². The highest BCUT2D eigenvalue weighted by Crippen LogP contribution is 2.19. The van der Waals surface area contributed by atoms with Crippen molar-refractivity contribution in [3.8, 4) is 11.4 Å². The molecule has 142 valence electrons. The molecule has 2 heterocycles. The van der Waals surface area contributed by atoms with Gasteiger partial charge in [-0.25, -0.2) is 0 Å². The molecular formula is C17H14N6O5. The van der Waals surface area contributed by atoms with Gasteiger partial charge < -0.3 is 15.2 Å². The van der Waals surface area contributed by atoms with Crippen molar-refractivity contribution in [2.24, 2.45) is 0 Å². The first kappa shape index (κ1) is 18.6. The smallest absolute Gasteiger partial charge is 0.316 e. The van der Waals surface area contributed by atoms with E-state index in [4.69, 9.17) is 4.52 Å². The zero-order valence-electron chi connectivity index (χ0n) is 14.4. The number of nitrogens with one attached hydrogen (secondary N) is 2. The number of amides is 2. The molecule has 0 saturated heterocycles. The first-order valence-corrected chi connectivity index (χ1v) is 8.09. The maximum Gasteiger partial charge on any atom is 0.316 e. The van der Waals surface area contributed by atoms with Gasteiger partial charge in [0, 0.05) is 43.2 Å². The third-order valence-corrected chi connectivity index (χ3v) is 3.58. The van der Waals surface area contributed by atoms with Crippen LogP contribution in [0.3, 0.4) is 0 Å². The highest BCUT2D eigenvalue weighted by Gasteiger charge is 2.16. The van der Waals surface area contributed by atoms with Crippen LogP contribution in [0.2, 0.25) is 0 Å². The summed E-state index contributed by atoms with van der Waals surface area (Å²) < 4.78 is 4.90. The second-order valence-corrected chi connectivity index (χ2v) is 5.48. The molecule has 2 amide bonds. The molecule has 11 heteroatoms. The second-order valence-electron chi connectivity index (χ2n) is 5.48. The monoisotopic (exact) mass is 382 g/mol. The standard InChI is InChI=1S/C17H14N6O5/c24-15(12-2-1-7-18-10-12)19-8-9-20-16(25)17-21-14(22-28-17)11-3-5-13(6-4-11)23(26)27/h1-7,10H,8-9H2,(H,19,24)(H,20,25). The molecule has 3 rings (SSSR count). The van der Waals surface area contributed by atoms with Gasteiger partial charge in [0.2, 0.25) is 5.82 Å². The van der Waals surface area contributed by atoms with Crippen molar-refractivity contribution in [3.63, 3.8) is 0 Å². The first-order valence-electron chi connectivity index (χ1n) is 8.09. The number of pyridine rings is 1. The maximum absolute atomic E-state index is 12.0. The minimum Gasteiger partial charge on any atom is -0.350 e. The van der Waals surface area contributed by atoms with Crippen LogP contribution in [-0.2, 0) is 0 Å². The predicted molar refractivity (Wildman–Crippen MR) is 95.3 cm³/mol. The van der Waals surface area contributed by atoms with Crippen LogP contribution < -0.4 is 10.6 Å². The zero-order valence-corrected chi connectivity index (χ0v) is 14.4. The summed E-state index contributed by atoms with van der Waals surface area (Å²) in [5.41, 5.74) is 0.814. The zero-order chi connectivity index (χ0) is 19.9. The predicted octanol–water partition coefficient (Wildman–Crippen LogP) is 1.20. The van der Waals surface area contributed by atoms with Gasteiger partial charge in [-0.05, 0) is 24.3 Å². The molecule has 0 spiro atoms. The SMILES string of the molecule is O=C(NCCNC(=O)c1nc(-c2ccc([N+](=O)[O-])cc2)no1)c1cccnc1. The summed E-state index contributed by atoms with van der Waals surface area (Å²) in [5, 5.41) is 19.5. The van der Waals surface area contributed by atoms with E-state index >= 15 is 0 Å². The van der Waals surface area contributed by atoms with Crippen molar-refractivity contribution in [1.29, 1.82) is 0 Å². The van der Waals surface area contributed by atoms with Crippen LogP contribution in [-0.4, -0.2) is 45.0 Å². The van der Waals surface area contributed by atoms with Gasteiger partial charge in [-0.2, -0.15) is 4.98 Å². The fourth-order valence-electron chi connectivity index (χ4n) is 2.19. The van der Waals surface area contributed by atoms with E-state index in [2.05, 4.69) is 25.8 Å². The fourth-order valence-corrected chi connectivity index (χ4v) is 2.19. The lowest BCUT2D eigenvalue weighted by molar-refractivity contribution is -0.384. The molecule has 0 aliphatic rings. The number of carbonyl (C=O) groups is 2. The first-order chi connectivity index (χ1) is 13.5. The summed E-state index contributed by atoms with van der Waals surface area (Å²) in [7, 11) is 0. The molecule has 2 aromatic heterocycles. The Balaban J connectivity index is 1.50. The summed E-state index contributed by atoms with van der Waals surface area (Å²) in [6.07, 6.45) is 3.00. The van der Waals surface area contributed by atoms with Gasteiger partial charge in [-0.3, -0.25) is 24.7 Å². The quantitative estimate of drug-likeness (QED) is 0.351. The lowest BCUT2D eigenvalue weighted by Gasteiger charge is -2.05. The number of hydrogen-bond acceptors (Lipinski definition) is 8. The molecule has 3 aromatic rings.